The van der Waals surface area contributed by atoms with E-state index < -0.39 is 0 Å². The summed E-state index contributed by atoms with van der Waals surface area (Å²) >= 11 is 0. The number of nitrogens with one attached hydrogen (secondary N) is 2. The summed E-state index contributed by atoms with van der Waals surface area (Å²) in [7, 11) is 4.25. The van der Waals surface area contributed by atoms with E-state index in [0.29, 0.717) is 11.6 Å². The zero-order valence-electron chi connectivity index (χ0n) is 19.3. The summed E-state index contributed by atoms with van der Waals surface area (Å²) in [5.74, 6) is -0.273. The summed E-state index contributed by atoms with van der Waals surface area (Å²) in [5, 5.41) is 5.83. The topological polar surface area (TPSA) is 64.7 Å². The maximum Gasteiger partial charge on any atom is 0.255 e. The SMILES string of the molecule is CC(=O)Nc1ccccc1-c1ccc(C(=O)Nc2ccc(N3CCC(N(C)C)C3)cc2)cc1. The van der Waals surface area contributed by atoms with Crippen molar-refractivity contribution in [3.8, 4) is 11.1 Å². The fourth-order valence-corrected chi connectivity index (χ4v) is 4.19. The van der Waals surface area contributed by atoms with Crippen LogP contribution in [0.25, 0.3) is 11.1 Å². The Hall–Kier alpha value is -3.64. The first kappa shape index (κ1) is 22.6. The number of likely N-dealkylation sites (N-methyl/N-ethyl adjacent to an activating group) is 1. The number of carbonyl (C=O) groups excluding carboxylic acids is 2. The van der Waals surface area contributed by atoms with Crippen LogP contribution in [0.5, 0.6) is 0 Å². The van der Waals surface area contributed by atoms with Crippen LogP contribution in [-0.4, -0.2) is 49.9 Å². The molecule has 6 nitrogen and oxygen atoms in total. The van der Waals surface area contributed by atoms with E-state index in [1.54, 1.807) is 12.1 Å². The van der Waals surface area contributed by atoms with E-state index in [1.807, 2.05) is 48.5 Å². The van der Waals surface area contributed by atoms with E-state index in [2.05, 4.69) is 46.7 Å². The van der Waals surface area contributed by atoms with Crippen LogP contribution in [0.4, 0.5) is 17.1 Å². The van der Waals surface area contributed by atoms with Gasteiger partial charge in [0, 0.05) is 54.2 Å². The molecule has 1 fully saturated rings. The number of hydrogen-bond donors (Lipinski definition) is 2. The Morgan fingerprint density at radius 2 is 1.61 bits per heavy atom. The van der Waals surface area contributed by atoms with Gasteiger partial charge in [0.1, 0.15) is 0 Å². The molecule has 6 heteroatoms. The summed E-state index contributed by atoms with van der Waals surface area (Å²) in [6.07, 6.45) is 1.16. The highest BCUT2D eigenvalue weighted by atomic mass is 16.2. The van der Waals surface area contributed by atoms with Crippen LogP contribution in [0, 0.1) is 0 Å². The molecule has 3 aromatic carbocycles. The van der Waals surface area contributed by atoms with Gasteiger partial charge in [0.2, 0.25) is 5.91 Å². The molecular formula is C27H30N4O2. The molecule has 1 aliphatic heterocycles. The van der Waals surface area contributed by atoms with Gasteiger partial charge in [-0.1, -0.05) is 30.3 Å². The second-order valence-corrected chi connectivity index (χ2v) is 8.66. The van der Waals surface area contributed by atoms with Crippen molar-refractivity contribution in [1.29, 1.82) is 0 Å². The summed E-state index contributed by atoms with van der Waals surface area (Å²) in [5.41, 5.74) is 5.12. The van der Waals surface area contributed by atoms with Gasteiger partial charge in [0.25, 0.3) is 5.91 Å². The van der Waals surface area contributed by atoms with E-state index in [0.717, 1.165) is 42.0 Å². The van der Waals surface area contributed by atoms with Crippen molar-refractivity contribution in [3.05, 3.63) is 78.4 Å². The molecule has 0 bridgehead atoms. The second kappa shape index (κ2) is 9.88. The third-order valence-corrected chi connectivity index (χ3v) is 6.08. The van der Waals surface area contributed by atoms with Crippen molar-refractivity contribution in [2.45, 2.75) is 19.4 Å². The zero-order chi connectivity index (χ0) is 23.4. The van der Waals surface area contributed by atoms with Crippen LogP contribution in [0.15, 0.2) is 72.8 Å². The first-order chi connectivity index (χ1) is 15.9. The predicted octanol–water partition coefficient (Wildman–Crippen LogP) is 4.70. The lowest BCUT2D eigenvalue weighted by atomic mass is 10.0. The highest BCUT2D eigenvalue weighted by Crippen LogP contribution is 2.28. The minimum Gasteiger partial charge on any atom is -0.370 e. The fourth-order valence-electron chi connectivity index (χ4n) is 4.19. The van der Waals surface area contributed by atoms with Gasteiger partial charge in [-0.25, -0.2) is 0 Å². The van der Waals surface area contributed by atoms with E-state index >= 15 is 0 Å². The molecule has 0 saturated carbocycles. The van der Waals surface area contributed by atoms with Crippen LogP contribution < -0.4 is 15.5 Å². The Bertz CT molecular complexity index is 1120. The molecule has 0 aromatic heterocycles. The Morgan fingerprint density at radius 1 is 0.909 bits per heavy atom. The average molecular weight is 443 g/mol. The molecule has 0 radical (unpaired) electrons. The Labute approximate surface area is 195 Å². The molecule has 0 aliphatic carbocycles. The van der Waals surface area contributed by atoms with Crippen molar-refractivity contribution in [2.75, 3.05) is 42.7 Å². The molecule has 2 amide bonds. The minimum absolute atomic E-state index is 0.119. The Balaban J connectivity index is 1.41. The monoisotopic (exact) mass is 442 g/mol. The van der Waals surface area contributed by atoms with Gasteiger partial charge < -0.3 is 20.4 Å². The quantitative estimate of drug-likeness (QED) is 0.581. The first-order valence-electron chi connectivity index (χ1n) is 11.2. The summed E-state index contributed by atoms with van der Waals surface area (Å²) < 4.78 is 0. The molecule has 4 rings (SSSR count). The third-order valence-electron chi connectivity index (χ3n) is 6.08. The van der Waals surface area contributed by atoms with E-state index in [4.69, 9.17) is 0 Å². The normalized spacial score (nSPS) is 15.5. The molecule has 33 heavy (non-hydrogen) atoms. The van der Waals surface area contributed by atoms with Gasteiger partial charge in [-0.2, -0.15) is 0 Å². The molecule has 1 heterocycles. The second-order valence-electron chi connectivity index (χ2n) is 8.66. The van der Waals surface area contributed by atoms with Gasteiger partial charge >= 0.3 is 0 Å². The van der Waals surface area contributed by atoms with Crippen molar-refractivity contribution in [2.24, 2.45) is 0 Å². The summed E-state index contributed by atoms with van der Waals surface area (Å²) in [6, 6.07) is 23.6. The number of nitrogens with zero attached hydrogens (tertiary/aromatic N) is 2. The van der Waals surface area contributed by atoms with E-state index in [-0.39, 0.29) is 11.8 Å². The maximum absolute atomic E-state index is 12.7. The first-order valence-corrected chi connectivity index (χ1v) is 11.2. The van der Waals surface area contributed by atoms with Crippen molar-refractivity contribution >= 4 is 28.9 Å². The fraction of sp³-hybridized carbons (Fsp3) is 0.259. The standard InChI is InChI=1S/C27H30N4O2/c1-19(32)28-26-7-5-4-6-25(26)20-8-10-21(11-9-20)27(33)29-22-12-14-23(15-13-22)31-17-16-24(18-31)30(2)3/h4-15,24H,16-18H2,1-3H3,(H,28,32)(H,29,33). The van der Waals surface area contributed by atoms with Crippen molar-refractivity contribution < 1.29 is 9.59 Å². The highest BCUT2D eigenvalue weighted by molar-refractivity contribution is 6.04. The van der Waals surface area contributed by atoms with E-state index in [1.165, 1.54) is 12.6 Å². The molecule has 2 N–H and O–H groups in total. The number of benzene rings is 3. The number of carbonyl (C=O) groups is 2. The van der Waals surface area contributed by atoms with Crippen molar-refractivity contribution in [3.63, 3.8) is 0 Å². The number of rotatable bonds is 6. The number of para-hydroxylation sites is 1. The highest BCUT2D eigenvalue weighted by Gasteiger charge is 2.24. The lowest BCUT2D eigenvalue weighted by molar-refractivity contribution is -0.114. The Morgan fingerprint density at radius 3 is 2.24 bits per heavy atom. The molecule has 1 unspecified atom stereocenters. The van der Waals surface area contributed by atoms with Gasteiger partial charge in [0.15, 0.2) is 0 Å². The van der Waals surface area contributed by atoms with Crippen LogP contribution in [-0.2, 0) is 4.79 Å². The van der Waals surface area contributed by atoms with Crippen LogP contribution in [0.3, 0.4) is 0 Å². The van der Waals surface area contributed by atoms with Gasteiger partial charge in [-0.05, 0) is 68.5 Å². The molecule has 1 aliphatic rings. The average Bonchev–Trinajstić information content (AvgIpc) is 3.30. The zero-order valence-corrected chi connectivity index (χ0v) is 19.3. The van der Waals surface area contributed by atoms with Crippen LogP contribution >= 0.6 is 0 Å². The molecule has 1 saturated heterocycles. The Kier molecular flexibility index (Phi) is 6.75. The van der Waals surface area contributed by atoms with Crippen LogP contribution in [0.2, 0.25) is 0 Å². The van der Waals surface area contributed by atoms with E-state index in [9.17, 15) is 9.59 Å². The summed E-state index contributed by atoms with van der Waals surface area (Å²) in [6.45, 7) is 3.56. The van der Waals surface area contributed by atoms with Gasteiger partial charge in [-0.15, -0.1) is 0 Å². The molecule has 1 atom stereocenters. The largest absolute Gasteiger partial charge is 0.370 e. The molecule has 3 aromatic rings. The molecule has 0 spiro atoms. The lowest BCUT2D eigenvalue weighted by Gasteiger charge is -2.22. The maximum atomic E-state index is 12.7. The van der Waals surface area contributed by atoms with Crippen molar-refractivity contribution in [1.82, 2.24) is 4.90 Å². The number of anilines is 3. The van der Waals surface area contributed by atoms with Gasteiger partial charge in [-0.3, -0.25) is 9.59 Å². The number of amides is 2. The summed E-state index contributed by atoms with van der Waals surface area (Å²) in [4.78, 5) is 28.9. The third kappa shape index (κ3) is 5.41. The van der Waals surface area contributed by atoms with Crippen LogP contribution in [0.1, 0.15) is 23.7 Å². The molecule has 170 valence electrons. The van der Waals surface area contributed by atoms with Gasteiger partial charge in [0.05, 0.1) is 0 Å². The predicted molar refractivity (Wildman–Crippen MR) is 135 cm³/mol. The lowest BCUT2D eigenvalue weighted by Crippen LogP contribution is -2.31. The molecular weight excluding hydrogens is 412 g/mol. The minimum atomic E-state index is -0.154. The number of hydrogen-bond acceptors (Lipinski definition) is 4. The smallest absolute Gasteiger partial charge is 0.255 e.